The molecule has 5 N–H and O–H groups in total. The van der Waals surface area contributed by atoms with Crippen LogP contribution in [0, 0.1) is 0 Å². The lowest BCUT2D eigenvalue weighted by Crippen LogP contribution is -2.51. The second-order valence-electron chi connectivity index (χ2n) is 6.90. The summed E-state index contributed by atoms with van der Waals surface area (Å²) < 4.78 is 40.3. The van der Waals surface area contributed by atoms with Crippen molar-refractivity contribution in [3.8, 4) is 0 Å². The summed E-state index contributed by atoms with van der Waals surface area (Å²) >= 11 is 0. The zero-order valence-corrected chi connectivity index (χ0v) is 15.6. The molecule has 3 heterocycles. The summed E-state index contributed by atoms with van der Waals surface area (Å²) in [5, 5.41) is 13.6. The molecule has 4 rings (SSSR count). The number of carbonyl (C=O) groups excluding carboxylic acids is 1. The number of nitrogens with zero attached hydrogens (tertiary/aromatic N) is 1. The number of nitrogens with one attached hydrogen (secondary N) is 5. The van der Waals surface area contributed by atoms with Crippen LogP contribution in [0.2, 0.25) is 0 Å². The normalized spacial score (nSPS) is 23.6. The zero-order chi connectivity index (χ0) is 20.6. The first-order valence-corrected chi connectivity index (χ1v) is 9.20. The summed E-state index contributed by atoms with van der Waals surface area (Å²) in [5.41, 5.74) is 3.39. The van der Waals surface area contributed by atoms with E-state index in [1.807, 2.05) is 0 Å². The van der Waals surface area contributed by atoms with E-state index in [1.165, 1.54) is 12.1 Å². The number of halogens is 3. The van der Waals surface area contributed by atoms with E-state index in [-0.39, 0.29) is 17.6 Å². The quantitative estimate of drug-likeness (QED) is 0.489. The smallest absolute Gasteiger partial charge is 0.386 e. The Kier molecular flexibility index (Phi) is 4.87. The Morgan fingerprint density at radius 1 is 1.21 bits per heavy atom. The van der Waals surface area contributed by atoms with E-state index in [9.17, 15) is 18.0 Å². The van der Waals surface area contributed by atoms with Crippen LogP contribution in [-0.2, 0) is 11.0 Å². The molecule has 3 aliphatic rings. The van der Waals surface area contributed by atoms with Gasteiger partial charge >= 0.3 is 6.18 Å². The van der Waals surface area contributed by atoms with Crippen molar-refractivity contribution in [1.82, 2.24) is 31.7 Å². The van der Waals surface area contributed by atoms with E-state index >= 15 is 0 Å². The molecule has 0 saturated heterocycles. The molecule has 0 spiro atoms. The van der Waals surface area contributed by atoms with Gasteiger partial charge in [-0.15, -0.1) is 0 Å². The molecular formula is C19H21F3N6O. The Bertz CT molecular complexity index is 907. The molecule has 0 saturated carbocycles. The first-order chi connectivity index (χ1) is 13.8. The maximum Gasteiger partial charge on any atom is 0.416 e. The first kappa shape index (κ1) is 19.2. The molecule has 7 nitrogen and oxygen atoms in total. The SMILES string of the molecule is CC1=C(C(=O)NC2=CNCCN2)N2NC(c3ccccc3C(F)(F)F)C=CC2N1. The van der Waals surface area contributed by atoms with Crippen LogP contribution in [0.25, 0.3) is 0 Å². The van der Waals surface area contributed by atoms with Gasteiger partial charge in [0.25, 0.3) is 5.91 Å². The number of amides is 1. The van der Waals surface area contributed by atoms with Crippen molar-refractivity contribution in [2.75, 3.05) is 13.1 Å². The molecule has 1 aromatic rings. The molecule has 10 heteroatoms. The summed E-state index contributed by atoms with van der Waals surface area (Å²) in [5.74, 6) is 0.169. The third-order valence-electron chi connectivity index (χ3n) is 4.90. The zero-order valence-electron chi connectivity index (χ0n) is 15.6. The Labute approximate surface area is 165 Å². The molecule has 2 atom stereocenters. The van der Waals surface area contributed by atoms with Gasteiger partial charge in [-0.1, -0.05) is 24.3 Å². The number of hydrogen-bond donors (Lipinski definition) is 5. The summed E-state index contributed by atoms with van der Waals surface area (Å²) in [6.45, 7) is 3.18. The van der Waals surface area contributed by atoms with Gasteiger partial charge in [0, 0.05) is 25.0 Å². The van der Waals surface area contributed by atoms with Crippen molar-refractivity contribution in [2.45, 2.75) is 25.3 Å². The van der Waals surface area contributed by atoms with Gasteiger partial charge in [0.05, 0.1) is 11.6 Å². The molecule has 3 aliphatic heterocycles. The number of fused-ring (bicyclic) bond motifs is 1. The van der Waals surface area contributed by atoms with Gasteiger partial charge in [-0.2, -0.15) is 13.2 Å². The summed E-state index contributed by atoms with van der Waals surface area (Å²) in [7, 11) is 0. The van der Waals surface area contributed by atoms with Crippen LogP contribution < -0.4 is 26.7 Å². The van der Waals surface area contributed by atoms with Gasteiger partial charge in [0.2, 0.25) is 0 Å². The average Bonchev–Trinajstić information content (AvgIpc) is 3.03. The van der Waals surface area contributed by atoms with Crippen LogP contribution in [0.5, 0.6) is 0 Å². The predicted molar refractivity (Wildman–Crippen MR) is 100 cm³/mol. The first-order valence-electron chi connectivity index (χ1n) is 9.20. The standard InChI is InChI=1S/C19H21F3N6O/c1-11-17(18(29)26-15-10-23-8-9-24-15)28-16(25-11)7-6-14(27-28)12-4-2-3-5-13(12)19(20,21)22/h2-7,10,14,16,23-25,27H,8-9H2,1H3,(H,26,29). The lowest BCUT2D eigenvalue weighted by Gasteiger charge is -2.35. The van der Waals surface area contributed by atoms with Crippen LogP contribution >= 0.6 is 0 Å². The summed E-state index contributed by atoms with van der Waals surface area (Å²) in [4.78, 5) is 12.8. The Morgan fingerprint density at radius 2 is 2.00 bits per heavy atom. The third-order valence-corrected chi connectivity index (χ3v) is 4.90. The minimum Gasteiger partial charge on any atom is -0.386 e. The van der Waals surface area contributed by atoms with Crippen molar-refractivity contribution < 1.29 is 18.0 Å². The molecule has 1 amide bonds. The number of rotatable bonds is 3. The molecule has 29 heavy (non-hydrogen) atoms. The predicted octanol–water partition coefficient (Wildman–Crippen LogP) is 1.39. The fourth-order valence-corrected chi connectivity index (χ4v) is 3.60. The Hall–Kier alpha value is -3.14. The largest absolute Gasteiger partial charge is 0.416 e. The summed E-state index contributed by atoms with van der Waals surface area (Å²) in [6, 6.07) is 4.70. The number of benzene rings is 1. The fraction of sp³-hybridized carbons (Fsp3) is 0.316. The molecule has 0 fully saturated rings. The van der Waals surface area contributed by atoms with Crippen molar-refractivity contribution in [1.29, 1.82) is 0 Å². The molecule has 154 valence electrons. The van der Waals surface area contributed by atoms with Crippen LogP contribution in [-0.4, -0.2) is 30.2 Å². The second kappa shape index (κ2) is 7.36. The van der Waals surface area contributed by atoms with Gasteiger partial charge in [-0.25, -0.2) is 5.43 Å². The fourth-order valence-electron chi connectivity index (χ4n) is 3.60. The highest BCUT2D eigenvalue weighted by atomic mass is 19.4. The van der Waals surface area contributed by atoms with Crippen LogP contribution in [0.1, 0.15) is 24.1 Å². The van der Waals surface area contributed by atoms with Crippen LogP contribution in [0.4, 0.5) is 13.2 Å². The molecule has 0 aromatic heterocycles. The molecule has 0 aliphatic carbocycles. The van der Waals surface area contributed by atoms with E-state index in [2.05, 4.69) is 26.7 Å². The number of hydrogen-bond acceptors (Lipinski definition) is 6. The lowest BCUT2D eigenvalue weighted by molar-refractivity contribution is -0.138. The third kappa shape index (κ3) is 3.75. The van der Waals surface area contributed by atoms with E-state index in [4.69, 9.17) is 0 Å². The Morgan fingerprint density at radius 3 is 2.72 bits per heavy atom. The molecule has 1 aromatic carbocycles. The topological polar surface area (TPSA) is 80.5 Å². The molecular weight excluding hydrogens is 385 g/mol. The number of carbonyl (C=O) groups is 1. The van der Waals surface area contributed by atoms with Gasteiger partial charge in [0.1, 0.15) is 17.7 Å². The molecule has 2 unspecified atom stereocenters. The Balaban J connectivity index is 1.58. The maximum absolute atomic E-state index is 13.4. The second-order valence-corrected chi connectivity index (χ2v) is 6.90. The highest BCUT2D eigenvalue weighted by molar-refractivity contribution is 5.95. The minimum atomic E-state index is -4.47. The van der Waals surface area contributed by atoms with Crippen molar-refractivity contribution in [2.24, 2.45) is 0 Å². The van der Waals surface area contributed by atoms with Gasteiger partial charge in [-0.3, -0.25) is 9.80 Å². The average molecular weight is 406 g/mol. The van der Waals surface area contributed by atoms with E-state index in [0.717, 1.165) is 12.6 Å². The van der Waals surface area contributed by atoms with Gasteiger partial charge in [0.15, 0.2) is 0 Å². The summed E-state index contributed by atoms with van der Waals surface area (Å²) in [6.07, 6.45) is 0.254. The number of alkyl halides is 3. The highest BCUT2D eigenvalue weighted by Gasteiger charge is 2.39. The minimum absolute atomic E-state index is 0.0971. The highest BCUT2D eigenvalue weighted by Crippen LogP contribution is 2.36. The maximum atomic E-state index is 13.4. The van der Waals surface area contributed by atoms with Crippen LogP contribution in [0.15, 0.2) is 59.8 Å². The number of allylic oxidation sites excluding steroid dienone is 1. The van der Waals surface area contributed by atoms with Crippen molar-refractivity contribution in [3.05, 3.63) is 71.0 Å². The van der Waals surface area contributed by atoms with E-state index < -0.39 is 17.8 Å². The molecule has 0 radical (unpaired) electrons. The van der Waals surface area contributed by atoms with Crippen molar-refractivity contribution >= 4 is 5.91 Å². The molecule has 0 bridgehead atoms. The van der Waals surface area contributed by atoms with Crippen LogP contribution in [0.3, 0.4) is 0 Å². The van der Waals surface area contributed by atoms with Gasteiger partial charge in [-0.05, 0) is 24.6 Å². The lowest BCUT2D eigenvalue weighted by atomic mass is 9.99. The van der Waals surface area contributed by atoms with Crippen molar-refractivity contribution in [3.63, 3.8) is 0 Å². The van der Waals surface area contributed by atoms with E-state index in [1.54, 1.807) is 36.4 Å². The van der Waals surface area contributed by atoms with Gasteiger partial charge < -0.3 is 21.3 Å². The monoisotopic (exact) mass is 406 g/mol. The number of hydrazine groups is 1. The van der Waals surface area contributed by atoms with E-state index in [0.29, 0.717) is 23.8 Å².